The van der Waals surface area contributed by atoms with Gasteiger partial charge in [-0.25, -0.2) is 14.4 Å². The van der Waals surface area contributed by atoms with Gasteiger partial charge in [0, 0.05) is 23.5 Å². The Morgan fingerprint density at radius 2 is 1.81 bits per heavy atom. The second-order valence-corrected chi connectivity index (χ2v) is 8.94. The first-order chi connectivity index (χ1) is 14.4. The Morgan fingerprint density at radius 3 is 2.32 bits per heavy atom. The van der Waals surface area contributed by atoms with Gasteiger partial charge in [-0.1, -0.05) is 19.1 Å². The largest absolute Gasteiger partial charge is 0.459 e. The summed E-state index contributed by atoms with van der Waals surface area (Å²) in [5.74, 6) is -0.453. The third-order valence-electron chi connectivity index (χ3n) is 4.60. The Labute approximate surface area is 184 Å². The summed E-state index contributed by atoms with van der Waals surface area (Å²) in [4.78, 5) is 39.2. The number of allylic oxidation sites excluding steroid dienone is 1. The van der Waals surface area contributed by atoms with Crippen LogP contribution in [0.5, 0.6) is 0 Å². The van der Waals surface area contributed by atoms with Crippen LogP contribution in [0.2, 0.25) is 0 Å². The van der Waals surface area contributed by atoms with Crippen molar-refractivity contribution in [2.45, 2.75) is 72.6 Å². The van der Waals surface area contributed by atoms with Gasteiger partial charge in [-0.15, -0.1) is 0 Å². The normalized spacial score (nSPS) is 16.8. The molecule has 8 heteroatoms. The van der Waals surface area contributed by atoms with E-state index in [2.05, 4.69) is 16.0 Å². The molecular weight excluding hydrogens is 396 g/mol. The molecule has 0 radical (unpaired) electrons. The van der Waals surface area contributed by atoms with E-state index in [0.717, 1.165) is 12.0 Å². The summed E-state index contributed by atoms with van der Waals surface area (Å²) >= 11 is 0. The molecule has 0 aliphatic carbocycles. The quantitative estimate of drug-likeness (QED) is 0.586. The number of carbonyl (C=O) groups is 3. The molecule has 0 saturated heterocycles. The molecule has 170 valence electrons. The number of carbonyl (C=O) groups excluding carboxylic acids is 3. The number of hydrogen-bond acceptors (Lipinski definition) is 4. The van der Waals surface area contributed by atoms with Crippen LogP contribution in [0.3, 0.4) is 0 Å². The number of rotatable bonds is 6. The van der Waals surface area contributed by atoms with Gasteiger partial charge in [0.05, 0.1) is 17.7 Å². The van der Waals surface area contributed by atoms with Crippen molar-refractivity contribution >= 4 is 23.7 Å². The number of anilines is 1. The second-order valence-electron chi connectivity index (χ2n) is 8.94. The van der Waals surface area contributed by atoms with Gasteiger partial charge in [-0.05, 0) is 65.7 Å². The molecule has 3 N–H and O–H groups in total. The summed E-state index contributed by atoms with van der Waals surface area (Å²) < 4.78 is 5.46. The average Bonchev–Trinajstić information content (AvgIpc) is 2.63. The molecule has 1 atom stereocenters. The Hall–Kier alpha value is -3.03. The maximum absolute atomic E-state index is 12.9. The zero-order valence-electron chi connectivity index (χ0n) is 19.5. The maximum atomic E-state index is 12.9. The summed E-state index contributed by atoms with van der Waals surface area (Å²) in [5, 5.41) is 8.54. The Morgan fingerprint density at radius 1 is 1.19 bits per heavy atom. The lowest BCUT2D eigenvalue weighted by Crippen LogP contribution is -2.48. The first-order valence-corrected chi connectivity index (χ1v) is 10.6. The number of amides is 4. The van der Waals surface area contributed by atoms with E-state index in [0.29, 0.717) is 23.5 Å². The van der Waals surface area contributed by atoms with Gasteiger partial charge in [0.1, 0.15) is 0 Å². The molecule has 0 aromatic heterocycles. The number of nitrogens with one attached hydrogen (secondary N) is 3. The van der Waals surface area contributed by atoms with Crippen molar-refractivity contribution in [2.75, 3.05) is 11.9 Å². The van der Waals surface area contributed by atoms with Crippen LogP contribution in [0.1, 0.15) is 66.5 Å². The number of hydrogen-bond donors (Lipinski definition) is 3. The van der Waals surface area contributed by atoms with Gasteiger partial charge in [0.15, 0.2) is 0 Å². The van der Waals surface area contributed by atoms with Gasteiger partial charge >= 0.3 is 18.0 Å². The van der Waals surface area contributed by atoms with Gasteiger partial charge in [-0.3, -0.25) is 4.90 Å². The number of nitrogens with zero attached hydrogens (tertiary/aromatic N) is 1. The second kappa shape index (κ2) is 9.85. The highest BCUT2D eigenvalue weighted by Gasteiger charge is 2.36. The topological polar surface area (TPSA) is 99.8 Å². The summed E-state index contributed by atoms with van der Waals surface area (Å²) in [7, 11) is 0. The zero-order valence-corrected chi connectivity index (χ0v) is 19.5. The van der Waals surface area contributed by atoms with Crippen LogP contribution in [0.15, 0.2) is 35.5 Å². The number of urea groups is 2. The Bertz CT molecular complexity index is 853. The molecule has 1 aliphatic rings. The van der Waals surface area contributed by atoms with Crippen LogP contribution in [0, 0.1) is 0 Å². The minimum absolute atomic E-state index is 0.253. The summed E-state index contributed by atoms with van der Waals surface area (Å²) in [5.41, 5.74) is 1.98. The van der Waals surface area contributed by atoms with E-state index in [1.165, 1.54) is 0 Å². The van der Waals surface area contributed by atoms with Gasteiger partial charge in [0.2, 0.25) is 0 Å². The summed E-state index contributed by atoms with van der Waals surface area (Å²) in [6, 6.07) is 5.85. The predicted octanol–water partition coefficient (Wildman–Crippen LogP) is 4.31. The van der Waals surface area contributed by atoms with Crippen molar-refractivity contribution in [1.82, 2.24) is 15.5 Å². The van der Waals surface area contributed by atoms with E-state index >= 15 is 0 Å². The van der Waals surface area contributed by atoms with Crippen LogP contribution >= 0.6 is 0 Å². The molecule has 0 fully saturated rings. The zero-order chi connectivity index (χ0) is 23.3. The fraction of sp³-hybridized carbons (Fsp3) is 0.522. The molecule has 1 aromatic rings. The highest BCUT2D eigenvalue weighted by molar-refractivity contribution is 5.95. The van der Waals surface area contributed by atoms with Crippen LogP contribution in [0.4, 0.5) is 15.3 Å². The highest BCUT2D eigenvalue weighted by atomic mass is 16.5. The van der Waals surface area contributed by atoms with E-state index in [1.54, 1.807) is 49.9 Å². The summed E-state index contributed by atoms with van der Waals surface area (Å²) in [6.45, 7) is 13.5. The lowest BCUT2D eigenvalue weighted by atomic mass is 9.94. The third kappa shape index (κ3) is 6.47. The SMILES string of the molecule is CCCN1C(=O)NC(c2ccc(NC(=O)NC(C)(C)C)cc2)C(C(=O)OC(C)C)=C1C. The van der Waals surface area contributed by atoms with E-state index in [4.69, 9.17) is 4.74 Å². The van der Waals surface area contributed by atoms with Crippen LogP contribution in [-0.2, 0) is 9.53 Å². The van der Waals surface area contributed by atoms with Crippen molar-refractivity contribution in [1.29, 1.82) is 0 Å². The van der Waals surface area contributed by atoms with Gasteiger partial charge in [-0.2, -0.15) is 0 Å². The van der Waals surface area contributed by atoms with Crippen molar-refractivity contribution in [3.05, 3.63) is 41.1 Å². The number of esters is 1. The van der Waals surface area contributed by atoms with E-state index in [9.17, 15) is 14.4 Å². The lowest BCUT2D eigenvalue weighted by molar-refractivity contribution is -0.143. The number of benzene rings is 1. The highest BCUT2D eigenvalue weighted by Crippen LogP contribution is 2.32. The first kappa shape index (κ1) is 24.2. The van der Waals surface area contributed by atoms with Crippen LogP contribution in [-0.4, -0.2) is 41.1 Å². The van der Waals surface area contributed by atoms with Crippen molar-refractivity contribution in [3.8, 4) is 0 Å². The fourth-order valence-corrected chi connectivity index (χ4v) is 3.33. The van der Waals surface area contributed by atoms with Crippen molar-refractivity contribution < 1.29 is 19.1 Å². The van der Waals surface area contributed by atoms with Gasteiger partial charge in [0.25, 0.3) is 0 Å². The molecule has 1 unspecified atom stereocenters. The van der Waals surface area contributed by atoms with E-state index < -0.39 is 12.0 Å². The Balaban J connectivity index is 2.32. The minimum atomic E-state index is -0.635. The average molecular weight is 431 g/mol. The molecular formula is C23H34N4O4. The molecule has 0 spiro atoms. The maximum Gasteiger partial charge on any atom is 0.338 e. The fourth-order valence-electron chi connectivity index (χ4n) is 3.33. The third-order valence-corrected chi connectivity index (χ3v) is 4.60. The minimum Gasteiger partial charge on any atom is -0.459 e. The molecule has 0 saturated carbocycles. The summed E-state index contributed by atoms with van der Waals surface area (Å²) in [6.07, 6.45) is 0.484. The molecule has 4 amide bonds. The lowest BCUT2D eigenvalue weighted by Gasteiger charge is -2.35. The molecule has 31 heavy (non-hydrogen) atoms. The van der Waals surface area contributed by atoms with E-state index in [1.807, 2.05) is 27.7 Å². The molecule has 1 aromatic carbocycles. The predicted molar refractivity (Wildman–Crippen MR) is 121 cm³/mol. The smallest absolute Gasteiger partial charge is 0.338 e. The number of ether oxygens (including phenoxy) is 1. The Kier molecular flexibility index (Phi) is 7.70. The van der Waals surface area contributed by atoms with Crippen LogP contribution < -0.4 is 16.0 Å². The van der Waals surface area contributed by atoms with E-state index in [-0.39, 0.29) is 23.7 Å². The van der Waals surface area contributed by atoms with Crippen molar-refractivity contribution in [3.63, 3.8) is 0 Å². The monoisotopic (exact) mass is 430 g/mol. The van der Waals surface area contributed by atoms with Gasteiger partial charge < -0.3 is 20.7 Å². The molecule has 2 rings (SSSR count). The first-order valence-electron chi connectivity index (χ1n) is 10.6. The molecule has 8 nitrogen and oxygen atoms in total. The molecule has 1 heterocycles. The van der Waals surface area contributed by atoms with Crippen molar-refractivity contribution in [2.24, 2.45) is 0 Å². The van der Waals surface area contributed by atoms with Crippen LogP contribution in [0.25, 0.3) is 0 Å². The standard InChI is InChI=1S/C23H34N4O4/c1-8-13-27-15(4)18(20(28)31-14(2)3)19(25-22(27)30)16-9-11-17(12-10-16)24-21(29)26-23(5,6)7/h9-12,14,19H,8,13H2,1-7H3,(H,25,30)(H2,24,26,29). The molecule has 1 aliphatic heterocycles. The molecule has 0 bridgehead atoms.